The van der Waals surface area contributed by atoms with Crippen molar-refractivity contribution in [1.29, 1.82) is 0 Å². The minimum atomic E-state index is -0.667. The van der Waals surface area contributed by atoms with Gasteiger partial charge < -0.3 is 19.3 Å². The average Bonchev–Trinajstić information content (AvgIpc) is 2.79. The van der Waals surface area contributed by atoms with E-state index in [4.69, 9.17) is 14.2 Å². The van der Waals surface area contributed by atoms with Crippen LogP contribution in [0.2, 0.25) is 0 Å². The number of nitrogens with one attached hydrogen (secondary N) is 1. The normalized spacial score (nSPS) is 15.9. The molecular formula is C22H29N3O6. The molecule has 1 fully saturated rings. The number of aromatic hydroxyl groups is 1. The van der Waals surface area contributed by atoms with Crippen LogP contribution >= 0.6 is 0 Å². The van der Waals surface area contributed by atoms with E-state index in [1.807, 2.05) is 24.3 Å². The number of hydrogen-bond donors (Lipinski definition) is 2. The SMILES string of the molecule is COCCCn1c(O)c(C=NCC2(c3ccc(OC)cc3)CCOCC2)c(=O)[nH]c1=O. The topological polar surface area (TPSA) is 115 Å². The Labute approximate surface area is 180 Å². The van der Waals surface area contributed by atoms with Crippen LogP contribution in [-0.2, 0) is 21.4 Å². The van der Waals surface area contributed by atoms with E-state index in [-0.39, 0.29) is 23.4 Å². The van der Waals surface area contributed by atoms with Gasteiger partial charge in [-0.2, -0.15) is 0 Å². The van der Waals surface area contributed by atoms with Crippen LogP contribution in [0.4, 0.5) is 0 Å². The Hall–Kier alpha value is -2.91. The Balaban J connectivity index is 1.86. The molecule has 1 aromatic carbocycles. The van der Waals surface area contributed by atoms with Gasteiger partial charge in [0.15, 0.2) is 0 Å². The third kappa shape index (κ3) is 5.23. The summed E-state index contributed by atoms with van der Waals surface area (Å²) in [6, 6.07) is 7.89. The maximum Gasteiger partial charge on any atom is 0.331 e. The largest absolute Gasteiger partial charge is 0.497 e. The molecule has 3 rings (SSSR count). The van der Waals surface area contributed by atoms with Crippen LogP contribution in [0, 0.1) is 0 Å². The molecule has 0 saturated carbocycles. The zero-order chi connectivity index (χ0) is 22.3. The van der Waals surface area contributed by atoms with Gasteiger partial charge in [-0.3, -0.25) is 19.3 Å². The number of aromatic nitrogens is 2. The zero-order valence-electron chi connectivity index (χ0n) is 17.9. The van der Waals surface area contributed by atoms with Crippen LogP contribution in [0.5, 0.6) is 11.6 Å². The minimum absolute atomic E-state index is 0.0334. The first-order valence-corrected chi connectivity index (χ1v) is 10.3. The van der Waals surface area contributed by atoms with Crippen LogP contribution in [0.25, 0.3) is 0 Å². The molecule has 0 radical (unpaired) electrons. The van der Waals surface area contributed by atoms with Crippen molar-refractivity contribution in [3.8, 4) is 11.6 Å². The summed E-state index contributed by atoms with van der Waals surface area (Å²) in [6.45, 7) is 2.32. The highest BCUT2D eigenvalue weighted by atomic mass is 16.5. The van der Waals surface area contributed by atoms with E-state index < -0.39 is 11.2 Å². The number of benzene rings is 1. The number of hydrogen-bond acceptors (Lipinski definition) is 7. The highest BCUT2D eigenvalue weighted by Gasteiger charge is 2.34. The molecule has 9 nitrogen and oxygen atoms in total. The maximum atomic E-state index is 12.3. The predicted molar refractivity (Wildman–Crippen MR) is 117 cm³/mol. The molecule has 0 amide bonds. The highest BCUT2D eigenvalue weighted by molar-refractivity contribution is 5.81. The van der Waals surface area contributed by atoms with E-state index in [1.54, 1.807) is 14.2 Å². The first-order chi connectivity index (χ1) is 15.0. The molecule has 0 atom stereocenters. The van der Waals surface area contributed by atoms with Gasteiger partial charge in [-0.1, -0.05) is 12.1 Å². The number of methoxy groups -OCH3 is 2. The molecule has 2 N–H and O–H groups in total. The van der Waals surface area contributed by atoms with Gasteiger partial charge in [-0.25, -0.2) is 4.79 Å². The summed E-state index contributed by atoms with van der Waals surface area (Å²) in [7, 11) is 3.19. The second-order valence-electron chi connectivity index (χ2n) is 7.59. The second kappa shape index (κ2) is 10.4. The summed E-state index contributed by atoms with van der Waals surface area (Å²) in [4.78, 5) is 31.1. The Morgan fingerprint density at radius 3 is 2.58 bits per heavy atom. The lowest BCUT2D eigenvalue weighted by Gasteiger charge is -2.36. The van der Waals surface area contributed by atoms with Gasteiger partial charge in [-0.15, -0.1) is 0 Å². The summed E-state index contributed by atoms with van der Waals surface area (Å²) in [5.74, 6) is 0.390. The maximum absolute atomic E-state index is 12.3. The molecule has 2 aromatic rings. The molecule has 1 aliphatic heterocycles. The molecule has 31 heavy (non-hydrogen) atoms. The van der Waals surface area contributed by atoms with Crippen molar-refractivity contribution in [2.45, 2.75) is 31.2 Å². The second-order valence-corrected chi connectivity index (χ2v) is 7.59. The average molecular weight is 431 g/mol. The van der Waals surface area contributed by atoms with Gasteiger partial charge in [0.25, 0.3) is 5.56 Å². The summed E-state index contributed by atoms with van der Waals surface area (Å²) in [5, 5.41) is 10.5. The fraction of sp³-hybridized carbons (Fsp3) is 0.500. The molecule has 1 saturated heterocycles. The van der Waals surface area contributed by atoms with Gasteiger partial charge in [0.05, 0.1) is 7.11 Å². The quantitative estimate of drug-likeness (QED) is 0.459. The standard InChI is InChI=1S/C22H29N3O6/c1-29-11-3-10-25-20(27)18(19(26)24-21(25)28)14-23-15-22(8-12-31-13-9-22)16-4-6-17(30-2)7-5-16/h4-7,14,27H,3,8-13,15H2,1-2H3,(H,24,26,28). The summed E-state index contributed by atoms with van der Waals surface area (Å²) < 4.78 is 16.9. The lowest BCUT2D eigenvalue weighted by Crippen LogP contribution is -2.37. The van der Waals surface area contributed by atoms with Gasteiger partial charge >= 0.3 is 5.69 Å². The molecule has 0 bridgehead atoms. The fourth-order valence-electron chi connectivity index (χ4n) is 3.82. The van der Waals surface area contributed by atoms with Crippen molar-refractivity contribution >= 4 is 6.21 Å². The third-order valence-electron chi connectivity index (χ3n) is 5.70. The Kier molecular flexibility index (Phi) is 7.64. The Morgan fingerprint density at radius 1 is 1.23 bits per heavy atom. The zero-order valence-corrected chi connectivity index (χ0v) is 17.9. The van der Waals surface area contributed by atoms with Crippen molar-refractivity contribution in [1.82, 2.24) is 9.55 Å². The minimum Gasteiger partial charge on any atom is -0.497 e. The monoisotopic (exact) mass is 431 g/mol. The first-order valence-electron chi connectivity index (χ1n) is 10.3. The molecule has 1 aliphatic rings. The Morgan fingerprint density at radius 2 is 1.94 bits per heavy atom. The van der Waals surface area contributed by atoms with Crippen molar-refractivity contribution in [3.05, 3.63) is 56.2 Å². The number of H-pyrrole nitrogens is 1. The predicted octanol–water partition coefficient (Wildman–Crippen LogP) is 1.45. The first kappa shape index (κ1) is 22.8. The van der Waals surface area contributed by atoms with Gasteiger partial charge in [0.1, 0.15) is 11.3 Å². The number of aromatic amines is 1. The lowest BCUT2D eigenvalue weighted by atomic mass is 9.74. The molecule has 0 aliphatic carbocycles. The van der Waals surface area contributed by atoms with Gasteiger partial charge in [-0.05, 0) is 37.0 Å². The Bertz CT molecular complexity index is 1000. The molecule has 0 spiro atoms. The van der Waals surface area contributed by atoms with Gasteiger partial charge in [0.2, 0.25) is 5.88 Å². The van der Waals surface area contributed by atoms with Crippen molar-refractivity contribution < 1.29 is 19.3 Å². The number of rotatable bonds is 9. The van der Waals surface area contributed by atoms with E-state index in [0.717, 1.165) is 28.7 Å². The molecule has 0 unspecified atom stereocenters. The van der Waals surface area contributed by atoms with E-state index in [2.05, 4.69) is 9.98 Å². The summed E-state index contributed by atoms with van der Waals surface area (Å²) >= 11 is 0. The van der Waals surface area contributed by atoms with E-state index in [0.29, 0.717) is 32.8 Å². The van der Waals surface area contributed by atoms with Crippen LogP contribution in [0.1, 0.15) is 30.4 Å². The van der Waals surface area contributed by atoms with Crippen LogP contribution < -0.4 is 16.0 Å². The van der Waals surface area contributed by atoms with Crippen molar-refractivity contribution in [3.63, 3.8) is 0 Å². The number of ether oxygens (including phenoxy) is 3. The van der Waals surface area contributed by atoms with Crippen molar-refractivity contribution in [2.75, 3.05) is 40.6 Å². The molecule has 168 valence electrons. The van der Waals surface area contributed by atoms with Crippen LogP contribution in [-0.4, -0.2) is 61.5 Å². The molecule has 2 heterocycles. The van der Waals surface area contributed by atoms with Crippen LogP contribution in [0.15, 0.2) is 38.8 Å². The van der Waals surface area contributed by atoms with Gasteiger partial charge in [0, 0.05) is 51.6 Å². The lowest BCUT2D eigenvalue weighted by molar-refractivity contribution is 0.0532. The number of aliphatic imine (C=N–C) groups is 1. The number of nitrogens with zero attached hydrogens (tertiary/aromatic N) is 2. The van der Waals surface area contributed by atoms with Crippen LogP contribution in [0.3, 0.4) is 0 Å². The third-order valence-corrected chi connectivity index (χ3v) is 5.70. The van der Waals surface area contributed by atoms with Crippen molar-refractivity contribution in [2.24, 2.45) is 4.99 Å². The van der Waals surface area contributed by atoms with E-state index >= 15 is 0 Å². The van der Waals surface area contributed by atoms with E-state index in [9.17, 15) is 14.7 Å². The fourth-order valence-corrected chi connectivity index (χ4v) is 3.82. The molecule has 1 aromatic heterocycles. The van der Waals surface area contributed by atoms with E-state index in [1.165, 1.54) is 6.21 Å². The molecular weight excluding hydrogens is 402 g/mol. The molecule has 9 heteroatoms. The summed E-state index contributed by atoms with van der Waals surface area (Å²) in [6.07, 6.45) is 3.44. The highest BCUT2D eigenvalue weighted by Crippen LogP contribution is 2.36. The summed E-state index contributed by atoms with van der Waals surface area (Å²) in [5.41, 5.74) is -0.476. The smallest absolute Gasteiger partial charge is 0.331 e.